The first-order valence-corrected chi connectivity index (χ1v) is 10.8. The Kier molecular flexibility index (Phi) is 6.71. The van der Waals surface area contributed by atoms with Gasteiger partial charge in [0.15, 0.2) is 11.5 Å². The van der Waals surface area contributed by atoms with Crippen molar-refractivity contribution in [1.82, 2.24) is 0 Å². The van der Waals surface area contributed by atoms with Crippen molar-refractivity contribution in [3.63, 3.8) is 0 Å². The van der Waals surface area contributed by atoms with Crippen LogP contribution in [0.5, 0.6) is 28.7 Å². The van der Waals surface area contributed by atoms with E-state index in [1.54, 1.807) is 48.5 Å². The molecule has 35 heavy (non-hydrogen) atoms. The molecule has 8 nitrogen and oxygen atoms in total. The van der Waals surface area contributed by atoms with E-state index < -0.39 is 11.9 Å². The third-order valence-electron chi connectivity index (χ3n) is 5.48. The van der Waals surface area contributed by atoms with Crippen LogP contribution in [-0.2, 0) is 0 Å². The summed E-state index contributed by atoms with van der Waals surface area (Å²) in [7, 11) is 4.53. The molecular formula is C26H21ClN2O6. The summed E-state index contributed by atoms with van der Waals surface area (Å²) in [6, 6.07) is 17.0. The zero-order valence-corrected chi connectivity index (χ0v) is 19.9. The SMILES string of the molecule is COc1cc(C2C(C#N)=C(N)Oc3cc(OC(=O)c4cccc(Cl)c4)ccc32)cc(OC)c1OC. The minimum absolute atomic E-state index is 0.0583. The number of hydrogen-bond donors (Lipinski definition) is 1. The predicted molar refractivity (Wildman–Crippen MR) is 128 cm³/mol. The molecule has 0 amide bonds. The molecule has 178 valence electrons. The number of ether oxygens (including phenoxy) is 5. The number of methoxy groups -OCH3 is 3. The zero-order valence-electron chi connectivity index (χ0n) is 19.1. The van der Waals surface area contributed by atoms with Crippen molar-refractivity contribution >= 4 is 17.6 Å². The number of hydrogen-bond acceptors (Lipinski definition) is 8. The fraction of sp³-hybridized carbons (Fsp3) is 0.154. The van der Waals surface area contributed by atoms with Crippen molar-refractivity contribution in [3.8, 4) is 34.8 Å². The average Bonchev–Trinajstić information content (AvgIpc) is 2.86. The van der Waals surface area contributed by atoms with Gasteiger partial charge in [-0.3, -0.25) is 0 Å². The lowest BCUT2D eigenvalue weighted by Gasteiger charge is -2.27. The highest BCUT2D eigenvalue weighted by atomic mass is 35.5. The Bertz CT molecular complexity index is 1350. The smallest absolute Gasteiger partial charge is 0.343 e. The van der Waals surface area contributed by atoms with E-state index in [4.69, 9.17) is 41.0 Å². The van der Waals surface area contributed by atoms with Crippen LogP contribution in [0.4, 0.5) is 0 Å². The topological polar surface area (TPSA) is 113 Å². The monoisotopic (exact) mass is 492 g/mol. The van der Waals surface area contributed by atoms with Crippen LogP contribution in [0.1, 0.15) is 27.4 Å². The second-order valence-corrected chi connectivity index (χ2v) is 7.92. The van der Waals surface area contributed by atoms with Crippen LogP contribution in [0.25, 0.3) is 0 Å². The Morgan fingerprint density at radius 3 is 2.34 bits per heavy atom. The average molecular weight is 493 g/mol. The van der Waals surface area contributed by atoms with Crippen LogP contribution < -0.4 is 29.4 Å². The fourth-order valence-corrected chi connectivity index (χ4v) is 4.08. The molecule has 0 saturated carbocycles. The molecule has 9 heteroatoms. The summed E-state index contributed by atoms with van der Waals surface area (Å²) in [6.07, 6.45) is 0. The van der Waals surface area contributed by atoms with Crippen LogP contribution in [0.2, 0.25) is 5.02 Å². The van der Waals surface area contributed by atoms with Gasteiger partial charge in [0, 0.05) is 16.7 Å². The molecule has 1 aliphatic rings. The van der Waals surface area contributed by atoms with Gasteiger partial charge in [0.05, 0.1) is 32.8 Å². The number of nitrogens with zero attached hydrogens (tertiary/aromatic N) is 1. The quantitative estimate of drug-likeness (QED) is 0.385. The van der Waals surface area contributed by atoms with Crippen molar-refractivity contribution in [1.29, 1.82) is 5.26 Å². The van der Waals surface area contributed by atoms with Gasteiger partial charge in [-0.25, -0.2) is 4.79 Å². The number of rotatable bonds is 6. The molecule has 3 aromatic carbocycles. The number of halogens is 1. The van der Waals surface area contributed by atoms with Gasteiger partial charge < -0.3 is 29.4 Å². The molecule has 1 heterocycles. The summed E-state index contributed by atoms with van der Waals surface area (Å²) in [5.41, 5.74) is 7.95. The third-order valence-corrected chi connectivity index (χ3v) is 5.72. The first kappa shape index (κ1) is 23.8. The van der Waals surface area contributed by atoms with Crippen molar-refractivity contribution in [2.24, 2.45) is 5.73 Å². The molecule has 0 aromatic heterocycles. The lowest BCUT2D eigenvalue weighted by atomic mass is 9.83. The van der Waals surface area contributed by atoms with Gasteiger partial charge in [-0.1, -0.05) is 23.7 Å². The van der Waals surface area contributed by atoms with E-state index in [1.807, 2.05) is 0 Å². The summed E-state index contributed by atoms with van der Waals surface area (Å²) in [6.45, 7) is 0. The Balaban J connectivity index is 1.76. The molecule has 1 aliphatic heterocycles. The van der Waals surface area contributed by atoms with Crippen LogP contribution in [0, 0.1) is 11.3 Å². The molecule has 0 radical (unpaired) electrons. The lowest BCUT2D eigenvalue weighted by Crippen LogP contribution is -2.21. The normalized spacial score (nSPS) is 14.3. The minimum atomic E-state index is -0.588. The van der Waals surface area contributed by atoms with Gasteiger partial charge in [0.25, 0.3) is 0 Å². The van der Waals surface area contributed by atoms with Crippen LogP contribution in [0.15, 0.2) is 66.1 Å². The summed E-state index contributed by atoms with van der Waals surface area (Å²) in [4.78, 5) is 12.5. The van der Waals surface area contributed by atoms with Crippen LogP contribution in [-0.4, -0.2) is 27.3 Å². The van der Waals surface area contributed by atoms with Crippen molar-refractivity contribution in [3.05, 3.63) is 87.8 Å². The molecule has 1 unspecified atom stereocenters. The van der Waals surface area contributed by atoms with Crippen molar-refractivity contribution < 1.29 is 28.5 Å². The zero-order chi connectivity index (χ0) is 25.1. The molecular weight excluding hydrogens is 472 g/mol. The number of nitrogens with two attached hydrogens (primary N) is 1. The summed E-state index contributed by atoms with van der Waals surface area (Å²) < 4.78 is 27.6. The number of nitriles is 1. The number of benzene rings is 3. The second-order valence-electron chi connectivity index (χ2n) is 7.48. The molecule has 0 bridgehead atoms. The molecule has 0 spiro atoms. The summed E-state index contributed by atoms with van der Waals surface area (Å²) in [5.74, 6) is 0.639. The number of carbonyl (C=O) groups excluding carboxylic acids is 1. The number of allylic oxidation sites excluding steroid dienone is 1. The van der Waals surface area contributed by atoms with Crippen LogP contribution in [0.3, 0.4) is 0 Å². The standard InChI is InChI=1S/C26H21ClN2O6/c1-31-21-10-15(11-22(32-2)24(21)33-3)23-18-8-7-17(12-20(18)35-25(29)19(23)13-28)34-26(30)14-5-4-6-16(27)9-14/h4-12,23H,29H2,1-3H3. The Morgan fingerprint density at radius 2 is 1.74 bits per heavy atom. The summed E-state index contributed by atoms with van der Waals surface area (Å²) >= 11 is 5.97. The van der Waals surface area contributed by atoms with Crippen LogP contribution >= 0.6 is 11.6 Å². The third kappa shape index (κ3) is 4.54. The number of fused-ring (bicyclic) bond motifs is 1. The molecule has 0 aliphatic carbocycles. The van der Waals surface area contributed by atoms with Gasteiger partial charge in [0.1, 0.15) is 23.1 Å². The summed E-state index contributed by atoms with van der Waals surface area (Å²) in [5, 5.41) is 10.3. The minimum Gasteiger partial charge on any atom is -0.493 e. The first-order chi connectivity index (χ1) is 16.9. The highest BCUT2D eigenvalue weighted by Crippen LogP contribution is 2.47. The van der Waals surface area contributed by atoms with E-state index in [0.29, 0.717) is 44.7 Å². The Labute approximate surface area is 207 Å². The first-order valence-electron chi connectivity index (χ1n) is 10.4. The van der Waals surface area contributed by atoms with Gasteiger partial charge >= 0.3 is 5.97 Å². The maximum Gasteiger partial charge on any atom is 0.343 e. The molecule has 0 fully saturated rings. The van der Waals surface area contributed by atoms with E-state index in [-0.39, 0.29) is 17.2 Å². The van der Waals surface area contributed by atoms with E-state index >= 15 is 0 Å². The van der Waals surface area contributed by atoms with E-state index in [9.17, 15) is 10.1 Å². The van der Waals surface area contributed by atoms with Crippen molar-refractivity contribution in [2.45, 2.75) is 5.92 Å². The Hall–Kier alpha value is -4.35. The number of carbonyl (C=O) groups is 1. The molecule has 4 rings (SSSR count). The molecule has 2 N–H and O–H groups in total. The molecule has 1 atom stereocenters. The van der Waals surface area contributed by atoms with Gasteiger partial charge in [-0.2, -0.15) is 5.26 Å². The Morgan fingerprint density at radius 1 is 1.03 bits per heavy atom. The van der Waals surface area contributed by atoms with Gasteiger partial charge in [-0.05, 0) is 42.0 Å². The fourth-order valence-electron chi connectivity index (χ4n) is 3.89. The van der Waals surface area contributed by atoms with E-state index in [1.165, 1.54) is 27.4 Å². The maximum absolute atomic E-state index is 12.5. The van der Waals surface area contributed by atoms with Crippen molar-refractivity contribution in [2.75, 3.05) is 21.3 Å². The highest BCUT2D eigenvalue weighted by Gasteiger charge is 2.32. The van der Waals surface area contributed by atoms with Gasteiger partial charge in [-0.15, -0.1) is 0 Å². The predicted octanol–water partition coefficient (Wildman–Crippen LogP) is 4.80. The highest BCUT2D eigenvalue weighted by molar-refractivity contribution is 6.30. The molecule has 3 aromatic rings. The van der Waals surface area contributed by atoms with Gasteiger partial charge in [0.2, 0.25) is 11.6 Å². The lowest BCUT2D eigenvalue weighted by molar-refractivity contribution is 0.0734. The largest absolute Gasteiger partial charge is 0.493 e. The number of esters is 1. The second kappa shape index (κ2) is 9.87. The maximum atomic E-state index is 12.5. The van der Waals surface area contributed by atoms with E-state index in [2.05, 4.69) is 6.07 Å². The van der Waals surface area contributed by atoms with E-state index in [0.717, 1.165) is 0 Å². The molecule has 0 saturated heterocycles.